The second-order valence-electron chi connectivity index (χ2n) is 8.94. The fourth-order valence-corrected chi connectivity index (χ4v) is 4.39. The summed E-state index contributed by atoms with van der Waals surface area (Å²) in [5.41, 5.74) is 4.56. The summed E-state index contributed by atoms with van der Waals surface area (Å²) < 4.78 is 5.80. The van der Waals surface area contributed by atoms with E-state index in [1.165, 1.54) is 4.90 Å². The fourth-order valence-electron chi connectivity index (χ4n) is 4.39. The topological polar surface area (TPSA) is 79.7 Å². The Kier molecular flexibility index (Phi) is 6.24. The number of aliphatic hydroxyl groups excluding tert-OH is 1. The lowest BCUT2D eigenvalue weighted by molar-refractivity contribution is -0.132. The number of hydrogen-bond donors (Lipinski definition) is 1. The summed E-state index contributed by atoms with van der Waals surface area (Å²) in [6, 6.07) is 13.7. The maximum atomic E-state index is 13.3. The molecule has 174 valence electrons. The van der Waals surface area contributed by atoms with E-state index in [0.29, 0.717) is 22.6 Å². The van der Waals surface area contributed by atoms with Crippen molar-refractivity contribution in [2.45, 2.75) is 46.8 Å². The summed E-state index contributed by atoms with van der Waals surface area (Å²) in [6.07, 6.45) is 3.23. The van der Waals surface area contributed by atoms with E-state index in [1.807, 2.05) is 52.8 Å². The second kappa shape index (κ2) is 9.14. The number of Topliss-reactive ketones (excluding diaryl/α,β-unsaturated/α-hetero) is 1. The van der Waals surface area contributed by atoms with Crippen molar-refractivity contribution in [3.63, 3.8) is 0 Å². The van der Waals surface area contributed by atoms with Crippen LogP contribution < -0.4 is 9.64 Å². The highest BCUT2D eigenvalue weighted by Crippen LogP contribution is 2.42. The van der Waals surface area contributed by atoms with Crippen LogP contribution in [0.25, 0.3) is 5.76 Å². The van der Waals surface area contributed by atoms with Crippen LogP contribution in [-0.2, 0) is 9.59 Å². The standard InChI is InChI=1S/C28H28N2O4/c1-16(2)34-23-7-6-21(15-19(23)5)26(31)24-25(20-8-10-29-11-9-20)30(28(33)27(24)32)22-13-17(3)12-18(4)14-22/h6-16,25,31H,1-5H3/b26-24-. The first-order valence-electron chi connectivity index (χ1n) is 11.2. The highest BCUT2D eigenvalue weighted by atomic mass is 16.5. The summed E-state index contributed by atoms with van der Waals surface area (Å²) in [5, 5.41) is 11.3. The van der Waals surface area contributed by atoms with Crippen LogP contribution in [0.2, 0.25) is 0 Å². The van der Waals surface area contributed by atoms with Crippen molar-refractivity contribution in [2.24, 2.45) is 0 Å². The van der Waals surface area contributed by atoms with Crippen molar-refractivity contribution >= 4 is 23.1 Å². The van der Waals surface area contributed by atoms with E-state index >= 15 is 0 Å². The van der Waals surface area contributed by atoms with Crippen LogP contribution in [0.4, 0.5) is 5.69 Å². The molecule has 1 aromatic heterocycles. The van der Waals surface area contributed by atoms with Gasteiger partial charge in [-0.3, -0.25) is 19.5 Å². The Balaban J connectivity index is 1.90. The lowest BCUT2D eigenvalue weighted by Crippen LogP contribution is -2.29. The average molecular weight is 457 g/mol. The fraction of sp³-hybridized carbons (Fsp3) is 0.250. The molecule has 1 N–H and O–H groups in total. The molecule has 3 aromatic rings. The molecule has 0 spiro atoms. The Morgan fingerprint density at radius 3 is 2.21 bits per heavy atom. The number of carbonyl (C=O) groups excluding carboxylic acids is 2. The quantitative estimate of drug-likeness (QED) is 0.315. The molecule has 2 aromatic carbocycles. The molecule has 6 heteroatoms. The molecule has 1 fully saturated rings. The monoisotopic (exact) mass is 456 g/mol. The van der Waals surface area contributed by atoms with Crippen LogP contribution >= 0.6 is 0 Å². The molecular formula is C28H28N2O4. The molecule has 6 nitrogen and oxygen atoms in total. The molecule has 34 heavy (non-hydrogen) atoms. The van der Waals surface area contributed by atoms with Crippen molar-refractivity contribution < 1.29 is 19.4 Å². The van der Waals surface area contributed by atoms with Crippen molar-refractivity contribution in [1.82, 2.24) is 4.98 Å². The Bertz CT molecular complexity index is 1270. The summed E-state index contributed by atoms with van der Waals surface area (Å²) in [5.74, 6) is -0.914. The molecule has 1 saturated heterocycles. The van der Waals surface area contributed by atoms with E-state index in [9.17, 15) is 14.7 Å². The first-order valence-corrected chi connectivity index (χ1v) is 11.2. The number of pyridine rings is 1. The predicted molar refractivity (Wildman–Crippen MR) is 132 cm³/mol. The Hall–Kier alpha value is -3.93. The van der Waals surface area contributed by atoms with Gasteiger partial charge in [-0.25, -0.2) is 0 Å². The van der Waals surface area contributed by atoms with Gasteiger partial charge in [-0.2, -0.15) is 0 Å². The molecule has 4 rings (SSSR count). The van der Waals surface area contributed by atoms with Gasteiger partial charge in [0.05, 0.1) is 17.7 Å². The summed E-state index contributed by atoms with van der Waals surface area (Å²) in [4.78, 5) is 32.1. The van der Waals surface area contributed by atoms with Crippen LogP contribution in [0, 0.1) is 20.8 Å². The van der Waals surface area contributed by atoms with Crippen LogP contribution in [0.15, 0.2) is 66.5 Å². The maximum Gasteiger partial charge on any atom is 0.300 e. The van der Waals surface area contributed by atoms with Crippen LogP contribution in [0.5, 0.6) is 5.75 Å². The molecule has 1 aliphatic rings. The van der Waals surface area contributed by atoms with Gasteiger partial charge >= 0.3 is 0 Å². The molecule has 1 atom stereocenters. The molecule has 0 saturated carbocycles. The zero-order valence-corrected chi connectivity index (χ0v) is 20.0. The lowest BCUT2D eigenvalue weighted by atomic mass is 9.95. The molecule has 1 unspecified atom stereocenters. The van der Waals surface area contributed by atoms with E-state index in [2.05, 4.69) is 4.98 Å². The van der Waals surface area contributed by atoms with Crippen molar-refractivity contribution in [2.75, 3.05) is 4.90 Å². The highest BCUT2D eigenvalue weighted by molar-refractivity contribution is 6.51. The minimum atomic E-state index is -0.781. The maximum absolute atomic E-state index is 13.3. The van der Waals surface area contributed by atoms with Crippen molar-refractivity contribution in [3.05, 3.63) is 94.3 Å². The lowest BCUT2D eigenvalue weighted by Gasteiger charge is -2.26. The van der Waals surface area contributed by atoms with Gasteiger partial charge in [0.1, 0.15) is 11.5 Å². The number of aryl methyl sites for hydroxylation is 3. The van der Waals surface area contributed by atoms with Gasteiger partial charge in [0.15, 0.2) is 0 Å². The number of ether oxygens (including phenoxy) is 1. The Morgan fingerprint density at radius 2 is 1.62 bits per heavy atom. The molecular weight excluding hydrogens is 428 g/mol. The highest BCUT2D eigenvalue weighted by Gasteiger charge is 2.47. The van der Waals surface area contributed by atoms with Gasteiger partial charge < -0.3 is 9.84 Å². The molecule has 1 amide bonds. The zero-order valence-electron chi connectivity index (χ0n) is 20.0. The number of hydrogen-bond acceptors (Lipinski definition) is 5. The number of rotatable bonds is 5. The molecule has 1 aliphatic heterocycles. The minimum absolute atomic E-state index is 0.00736. The summed E-state index contributed by atoms with van der Waals surface area (Å²) in [7, 11) is 0. The SMILES string of the molecule is Cc1cc(C)cc(N2C(=O)C(=O)/C(=C(\O)c3ccc(OC(C)C)c(C)c3)C2c2ccncc2)c1. The third-order valence-corrected chi connectivity index (χ3v) is 5.76. The van der Waals surface area contributed by atoms with E-state index in [0.717, 1.165) is 16.7 Å². The number of amides is 1. The normalized spacial score (nSPS) is 17.5. The predicted octanol–water partition coefficient (Wildman–Crippen LogP) is 5.42. The van der Waals surface area contributed by atoms with Gasteiger partial charge in [-0.05, 0) is 99.3 Å². The number of nitrogens with zero attached hydrogens (tertiary/aromatic N) is 2. The number of benzene rings is 2. The van der Waals surface area contributed by atoms with Crippen LogP contribution in [0.1, 0.15) is 47.7 Å². The Morgan fingerprint density at radius 1 is 0.971 bits per heavy atom. The molecule has 2 heterocycles. The minimum Gasteiger partial charge on any atom is -0.507 e. The number of carbonyl (C=O) groups is 2. The van der Waals surface area contributed by atoms with Gasteiger partial charge in [0, 0.05) is 23.6 Å². The number of aromatic nitrogens is 1. The van der Waals surface area contributed by atoms with Gasteiger partial charge in [0.2, 0.25) is 0 Å². The van der Waals surface area contributed by atoms with Crippen LogP contribution in [-0.4, -0.2) is 27.9 Å². The number of anilines is 1. The third kappa shape index (κ3) is 4.31. The molecule has 0 aliphatic carbocycles. The van der Waals surface area contributed by atoms with E-state index < -0.39 is 17.7 Å². The second-order valence-corrected chi connectivity index (χ2v) is 8.94. The first kappa shape index (κ1) is 23.2. The van der Waals surface area contributed by atoms with E-state index in [-0.39, 0.29) is 17.4 Å². The largest absolute Gasteiger partial charge is 0.507 e. The molecule has 0 radical (unpaired) electrons. The van der Waals surface area contributed by atoms with Crippen LogP contribution in [0.3, 0.4) is 0 Å². The Labute approximate surface area is 199 Å². The molecule has 0 bridgehead atoms. The number of ketones is 1. The average Bonchev–Trinajstić information content (AvgIpc) is 3.05. The van der Waals surface area contributed by atoms with Gasteiger partial charge in [-0.15, -0.1) is 0 Å². The van der Waals surface area contributed by atoms with Crippen molar-refractivity contribution in [1.29, 1.82) is 0 Å². The van der Waals surface area contributed by atoms with E-state index in [1.54, 1.807) is 42.7 Å². The number of aliphatic hydroxyl groups is 1. The van der Waals surface area contributed by atoms with Gasteiger partial charge in [0.25, 0.3) is 11.7 Å². The first-order chi connectivity index (χ1) is 16.2. The van der Waals surface area contributed by atoms with Crippen molar-refractivity contribution in [3.8, 4) is 5.75 Å². The van der Waals surface area contributed by atoms with E-state index in [4.69, 9.17) is 4.74 Å². The summed E-state index contributed by atoms with van der Waals surface area (Å²) >= 11 is 0. The summed E-state index contributed by atoms with van der Waals surface area (Å²) in [6.45, 7) is 9.65. The van der Waals surface area contributed by atoms with Gasteiger partial charge in [-0.1, -0.05) is 6.07 Å². The third-order valence-electron chi connectivity index (χ3n) is 5.76. The zero-order chi connectivity index (χ0) is 24.6. The smallest absolute Gasteiger partial charge is 0.300 e.